The van der Waals surface area contributed by atoms with Crippen LogP contribution >= 0.6 is 0 Å². The number of fused-ring (bicyclic) bond motifs is 2. The largest absolute Gasteiger partial charge is 0.488 e. The fraction of sp³-hybridized carbons (Fsp3) is 0.172. The van der Waals surface area contributed by atoms with Crippen LogP contribution in [0.2, 0.25) is 0 Å². The van der Waals surface area contributed by atoms with Crippen molar-refractivity contribution < 1.29 is 4.74 Å². The predicted molar refractivity (Wildman–Crippen MR) is 142 cm³/mol. The van der Waals surface area contributed by atoms with E-state index in [4.69, 9.17) is 15.5 Å². The third-order valence-corrected chi connectivity index (χ3v) is 6.71. The number of nitrogen functional groups attached to an aromatic ring is 1. The standard InChI is InChI=1S/C29H27N5O2/c30-22-11-9-20(10-12-22)28-32-24-13-14-34(17-23(24)29(35)33-28)16-21-15-31-25-7-4-8-26(27(21)25)36-18-19-5-2-1-3-6-19/h1-12,15,31H,13-14,16-18,30H2,(H,32,33,35). The molecule has 0 amide bonds. The topological polar surface area (TPSA) is 100 Å². The Labute approximate surface area is 208 Å². The number of rotatable bonds is 6. The van der Waals surface area contributed by atoms with Crippen LogP contribution < -0.4 is 16.0 Å². The summed E-state index contributed by atoms with van der Waals surface area (Å²) in [6, 6.07) is 23.6. The normalized spacial score (nSPS) is 13.6. The lowest BCUT2D eigenvalue weighted by molar-refractivity contribution is 0.242. The summed E-state index contributed by atoms with van der Waals surface area (Å²) in [5.74, 6) is 1.45. The summed E-state index contributed by atoms with van der Waals surface area (Å²) < 4.78 is 6.22. The molecule has 0 bridgehead atoms. The van der Waals surface area contributed by atoms with Gasteiger partial charge in [-0.2, -0.15) is 0 Å². The maximum atomic E-state index is 13.0. The van der Waals surface area contributed by atoms with Crippen molar-refractivity contribution in [1.82, 2.24) is 19.9 Å². The number of aromatic nitrogens is 3. The van der Waals surface area contributed by atoms with E-state index in [-0.39, 0.29) is 5.56 Å². The second-order valence-electron chi connectivity index (χ2n) is 9.19. The minimum Gasteiger partial charge on any atom is -0.488 e. The molecule has 1 aliphatic heterocycles. The van der Waals surface area contributed by atoms with Crippen LogP contribution in [0.1, 0.15) is 22.4 Å². The van der Waals surface area contributed by atoms with E-state index in [0.717, 1.165) is 57.6 Å². The number of hydrogen-bond acceptors (Lipinski definition) is 5. The molecule has 0 atom stereocenters. The number of anilines is 1. The molecule has 0 spiro atoms. The van der Waals surface area contributed by atoms with Crippen molar-refractivity contribution in [3.63, 3.8) is 0 Å². The van der Waals surface area contributed by atoms with E-state index in [1.165, 1.54) is 0 Å². The Kier molecular flexibility index (Phi) is 5.75. The third kappa shape index (κ3) is 4.36. The van der Waals surface area contributed by atoms with Gasteiger partial charge >= 0.3 is 0 Å². The summed E-state index contributed by atoms with van der Waals surface area (Å²) in [7, 11) is 0. The highest BCUT2D eigenvalue weighted by Crippen LogP contribution is 2.31. The Hall–Kier alpha value is -4.36. The number of ether oxygens (including phenoxy) is 1. The van der Waals surface area contributed by atoms with Crippen molar-refractivity contribution in [2.75, 3.05) is 12.3 Å². The van der Waals surface area contributed by atoms with E-state index in [0.29, 0.717) is 31.2 Å². The molecule has 7 heteroatoms. The van der Waals surface area contributed by atoms with Gasteiger partial charge < -0.3 is 20.4 Å². The molecule has 36 heavy (non-hydrogen) atoms. The quantitative estimate of drug-likeness (QED) is 0.310. The average molecular weight is 478 g/mol. The van der Waals surface area contributed by atoms with Crippen molar-refractivity contribution in [3.05, 3.63) is 112 Å². The molecule has 4 N–H and O–H groups in total. The van der Waals surface area contributed by atoms with Crippen LogP contribution in [-0.2, 0) is 26.1 Å². The summed E-state index contributed by atoms with van der Waals surface area (Å²) in [4.78, 5) is 26.4. The molecule has 0 aliphatic carbocycles. The zero-order valence-electron chi connectivity index (χ0n) is 19.8. The van der Waals surface area contributed by atoms with E-state index in [2.05, 4.69) is 33.1 Å². The highest BCUT2D eigenvalue weighted by Gasteiger charge is 2.23. The van der Waals surface area contributed by atoms with E-state index in [1.54, 1.807) is 0 Å². The van der Waals surface area contributed by atoms with Crippen molar-refractivity contribution >= 4 is 16.6 Å². The average Bonchev–Trinajstić information content (AvgIpc) is 3.32. The Morgan fingerprint density at radius 2 is 1.83 bits per heavy atom. The fourth-order valence-corrected chi connectivity index (χ4v) is 4.83. The third-order valence-electron chi connectivity index (χ3n) is 6.71. The van der Waals surface area contributed by atoms with E-state index in [1.807, 2.05) is 60.8 Å². The van der Waals surface area contributed by atoms with E-state index >= 15 is 0 Å². The van der Waals surface area contributed by atoms with Crippen LogP contribution in [0.3, 0.4) is 0 Å². The van der Waals surface area contributed by atoms with Gasteiger partial charge in [0.25, 0.3) is 5.56 Å². The number of H-pyrrole nitrogens is 2. The summed E-state index contributed by atoms with van der Waals surface area (Å²) in [6.45, 7) is 2.60. The first-order valence-corrected chi connectivity index (χ1v) is 12.1. The van der Waals surface area contributed by atoms with Gasteiger partial charge in [-0.05, 0) is 47.5 Å². The Morgan fingerprint density at radius 3 is 2.67 bits per heavy atom. The number of benzene rings is 3. The molecule has 0 unspecified atom stereocenters. The maximum Gasteiger partial charge on any atom is 0.255 e. The molecular formula is C29H27N5O2. The first kappa shape index (κ1) is 22.1. The molecule has 0 saturated carbocycles. The van der Waals surface area contributed by atoms with Crippen LogP contribution in [0.25, 0.3) is 22.3 Å². The summed E-state index contributed by atoms with van der Waals surface area (Å²) in [6.07, 6.45) is 2.77. The van der Waals surface area contributed by atoms with E-state index < -0.39 is 0 Å². The van der Waals surface area contributed by atoms with Gasteiger partial charge in [-0.25, -0.2) is 4.98 Å². The first-order chi connectivity index (χ1) is 17.6. The molecule has 6 rings (SSSR count). The van der Waals surface area contributed by atoms with Crippen LogP contribution in [0.15, 0.2) is 83.8 Å². The fourth-order valence-electron chi connectivity index (χ4n) is 4.83. The van der Waals surface area contributed by atoms with Crippen molar-refractivity contribution in [1.29, 1.82) is 0 Å². The Morgan fingerprint density at radius 1 is 1.00 bits per heavy atom. The van der Waals surface area contributed by atoms with E-state index in [9.17, 15) is 4.79 Å². The zero-order valence-corrected chi connectivity index (χ0v) is 19.8. The van der Waals surface area contributed by atoms with Gasteiger partial charge in [0, 0.05) is 54.4 Å². The van der Waals surface area contributed by atoms with Gasteiger partial charge in [0.15, 0.2) is 0 Å². The van der Waals surface area contributed by atoms with Gasteiger partial charge in [0.05, 0.1) is 11.3 Å². The minimum atomic E-state index is -0.0812. The van der Waals surface area contributed by atoms with Crippen LogP contribution in [0.4, 0.5) is 5.69 Å². The second kappa shape index (κ2) is 9.36. The lowest BCUT2D eigenvalue weighted by Crippen LogP contribution is -2.35. The maximum absolute atomic E-state index is 13.0. The number of aromatic amines is 2. The molecular weight excluding hydrogens is 450 g/mol. The zero-order chi connectivity index (χ0) is 24.5. The minimum absolute atomic E-state index is 0.0812. The smallest absolute Gasteiger partial charge is 0.255 e. The van der Waals surface area contributed by atoms with Crippen molar-refractivity contribution in [2.24, 2.45) is 0 Å². The molecule has 3 aromatic carbocycles. The predicted octanol–water partition coefficient (Wildman–Crippen LogP) is 4.64. The number of hydrogen-bond donors (Lipinski definition) is 3. The molecule has 0 radical (unpaired) electrons. The lowest BCUT2D eigenvalue weighted by Gasteiger charge is -2.27. The monoisotopic (exact) mass is 477 g/mol. The summed E-state index contributed by atoms with van der Waals surface area (Å²) >= 11 is 0. The highest BCUT2D eigenvalue weighted by atomic mass is 16.5. The second-order valence-corrected chi connectivity index (χ2v) is 9.19. The molecule has 0 fully saturated rings. The van der Waals surface area contributed by atoms with Gasteiger partial charge in [-0.3, -0.25) is 9.69 Å². The highest BCUT2D eigenvalue weighted by molar-refractivity contribution is 5.89. The molecule has 7 nitrogen and oxygen atoms in total. The lowest BCUT2D eigenvalue weighted by atomic mass is 10.0. The molecule has 3 heterocycles. The van der Waals surface area contributed by atoms with Gasteiger partial charge in [0.2, 0.25) is 0 Å². The molecule has 0 saturated heterocycles. The van der Waals surface area contributed by atoms with Gasteiger partial charge in [0.1, 0.15) is 18.2 Å². The number of nitrogens with zero attached hydrogens (tertiary/aromatic N) is 2. The molecule has 1 aliphatic rings. The Bertz CT molecular complexity index is 1570. The molecule has 180 valence electrons. The summed E-state index contributed by atoms with van der Waals surface area (Å²) in [5, 5.41) is 1.09. The van der Waals surface area contributed by atoms with Crippen molar-refractivity contribution in [3.8, 4) is 17.1 Å². The van der Waals surface area contributed by atoms with Crippen LogP contribution in [-0.4, -0.2) is 26.4 Å². The van der Waals surface area contributed by atoms with Gasteiger partial charge in [-0.15, -0.1) is 0 Å². The number of nitrogens with two attached hydrogens (primary N) is 1. The van der Waals surface area contributed by atoms with Crippen LogP contribution in [0.5, 0.6) is 5.75 Å². The summed E-state index contributed by atoms with van der Waals surface area (Å²) in [5.41, 5.74) is 12.2. The first-order valence-electron chi connectivity index (χ1n) is 12.1. The molecule has 5 aromatic rings. The molecule has 2 aromatic heterocycles. The SMILES string of the molecule is Nc1ccc(-c2nc3c(c(=O)[nH]2)CN(Cc2c[nH]c4cccc(OCc5ccccc5)c24)CC3)cc1. The van der Waals surface area contributed by atoms with Gasteiger partial charge in [-0.1, -0.05) is 36.4 Å². The Balaban J connectivity index is 1.23. The van der Waals surface area contributed by atoms with Crippen molar-refractivity contribution in [2.45, 2.75) is 26.1 Å². The van der Waals surface area contributed by atoms with Crippen LogP contribution in [0, 0.1) is 0 Å². The number of nitrogens with one attached hydrogen (secondary N) is 2.